The Morgan fingerprint density at radius 2 is 1.78 bits per heavy atom. The van der Waals surface area contributed by atoms with Gasteiger partial charge in [0.1, 0.15) is 0 Å². The van der Waals surface area contributed by atoms with Gasteiger partial charge in [0.2, 0.25) is 0 Å². The van der Waals surface area contributed by atoms with Crippen LogP contribution in [0.3, 0.4) is 0 Å². The topological polar surface area (TPSA) is 41.1 Å². The number of nitrogens with one attached hydrogen (secondary N) is 2. The average molecular weight is 254 g/mol. The fourth-order valence-corrected chi connectivity index (χ4v) is 2.23. The van der Waals surface area contributed by atoms with Crippen molar-refractivity contribution in [2.75, 3.05) is 6.54 Å². The number of carbonyl (C=O) groups is 1. The van der Waals surface area contributed by atoms with Crippen LogP contribution < -0.4 is 10.6 Å². The molecule has 0 aromatic heterocycles. The van der Waals surface area contributed by atoms with Gasteiger partial charge in [0.05, 0.1) is 0 Å². The van der Waals surface area contributed by atoms with Crippen LogP contribution >= 0.6 is 0 Å². The smallest absolute Gasteiger partial charge is 0.315 e. The lowest BCUT2D eigenvalue weighted by atomic mass is 9.83. The molecule has 0 aromatic rings. The molecule has 0 aromatic carbocycles. The summed E-state index contributed by atoms with van der Waals surface area (Å²) in [5, 5.41) is 6.04. The number of amides is 2. The van der Waals surface area contributed by atoms with Gasteiger partial charge in [-0.25, -0.2) is 4.79 Å². The summed E-state index contributed by atoms with van der Waals surface area (Å²) in [5.41, 5.74) is 0.109. The quantitative estimate of drug-likeness (QED) is 0.794. The third kappa shape index (κ3) is 5.28. The fraction of sp³-hybridized carbons (Fsp3) is 0.933. The van der Waals surface area contributed by atoms with Crippen LogP contribution in [0.15, 0.2) is 0 Å². The lowest BCUT2D eigenvalue weighted by Crippen LogP contribution is -2.47. The van der Waals surface area contributed by atoms with E-state index in [9.17, 15) is 4.79 Å². The van der Waals surface area contributed by atoms with Gasteiger partial charge in [0.25, 0.3) is 0 Å². The number of urea groups is 1. The molecular weight excluding hydrogens is 224 g/mol. The first-order valence-corrected chi connectivity index (χ1v) is 7.33. The average Bonchev–Trinajstić information content (AvgIpc) is 2.27. The van der Waals surface area contributed by atoms with Gasteiger partial charge < -0.3 is 10.6 Å². The molecule has 0 spiro atoms. The number of rotatable bonds is 3. The van der Waals surface area contributed by atoms with Gasteiger partial charge in [-0.1, -0.05) is 40.5 Å². The Morgan fingerprint density at radius 3 is 2.28 bits per heavy atom. The molecule has 1 unspecified atom stereocenters. The van der Waals surface area contributed by atoms with Crippen LogP contribution in [-0.2, 0) is 0 Å². The van der Waals surface area contributed by atoms with Crippen molar-refractivity contribution in [3.05, 3.63) is 0 Å². The molecule has 0 saturated heterocycles. The van der Waals surface area contributed by atoms with Crippen molar-refractivity contribution >= 4 is 6.03 Å². The summed E-state index contributed by atoms with van der Waals surface area (Å²) in [6, 6.07) is 0.167. The molecule has 1 saturated carbocycles. The minimum absolute atomic E-state index is 0.0175. The maximum absolute atomic E-state index is 11.8. The minimum Gasteiger partial charge on any atom is -0.338 e. The lowest BCUT2D eigenvalue weighted by Gasteiger charge is -2.29. The Bertz CT molecular complexity index is 262. The summed E-state index contributed by atoms with van der Waals surface area (Å²) in [6.45, 7) is 11.6. The van der Waals surface area contributed by atoms with E-state index >= 15 is 0 Å². The molecule has 3 heteroatoms. The van der Waals surface area contributed by atoms with E-state index in [4.69, 9.17) is 0 Å². The second kappa shape index (κ2) is 6.44. The van der Waals surface area contributed by atoms with Gasteiger partial charge in [0, 0.05) is 12.6 Å². The summed E-state index contributed by atoms with van der Waals surface area (Å²) in [6.07, 6.45) is 5.14. The van der Waals surface area contributed by atoms with Crippen LogP contribution in [0.5, 0.6) is 0 Å². The van der Waals surface area contributed by atoms with Gasteiger partial charge >= 0.3 is 6.03 Å². The van der Waals surface area contributed by atoms with Crippen LogP contribution in [-0.4, -0.2) is 18.6 Å². The first-order chi connectivity index (χ1) is 8.29. The minimum atomic E-state index is -0.0175. The molecule has 2 N–H and O–H groups in total. The zero-order valence-corrected chi connectivity index (χ0v) is 12.7. The van der Waals surface area contributed by atoms with E-state index in [2.05, 4.69) is 45.3 Å². The highest BCUT2D eigenvalue weighted by molar-refractivity contribution is 5.74. The predicted octanol–water partition coefficient (Wildman–Crippen LogP) is 3.55. The van der Waals surface area contributed by atoms with Crippen LogP contribution in [0.1, 0.15) is 60.3 Å². The van der Waals surface area contributed by atoms with Gasteiger partial charge in [-0.3, -0.25) is 0 Å². The van der Waals surface area contributed by atoms with E-state index in [-0.39, 0.29) is 17.5 Å². The molecule has 1 aliphatic carbocycles. The Kier molecular flexibility index (Phi) is 5.48. The van der Waals surface area contributed by atoms with Crippen LogP contribution in [0.25, 0.3) is 0 Å². The van der Waals surface area contributed by atoms with Gasteiger partial charge in [0.15, 0.2) is 0 Å². The van der Waals surface area contributed by atoms with E-state index < -0.39 is 0 Å². The maximum Gasteiger partial charge on any atom is 0.315 e. The van der Waals surface area contributed by atoms with Gasteiger partial charge in [-0.05, 0) is 37.0 Å². The van der Waals surface area contributed by atoms with E-state index in [0.29, 0.717) is 5.92 Å². The van der Waals surface area contributed by atoms with Crippen molar-refractivity contribution in [1.82, 2.24) is 10.6 Å². The first kappa shape index (κ1) is 15.3. The van der Waals surface area contributed by atoms with Gasteiger partial charge in [-0.15, -0.1) is 0 Å². The Balaban J connectivity index is 2.21. The standard InChI is InChI=1S/C15H30N2O/c1-11-6-8-13(9-7-11)10-16-14(18)17-12(2)15(3,4)5/h11-13H,6-10H2,1-5H3,(H2,16,17,18). The normalized spacial score (nSPS) is 26.5. The van der Waals surface area contributed by atoms with Crippen molar-refractivity contribution in [3.8, 4) is 0 Å². The summed E-state index contributed by atoms with van der Waals surface area (Å²) in [7, 11) is 0. The molecule has 2 amide bonds. The lowest BCUT2D eigenvalue weighted by molar-refractivity contribution is 0.216. The van der Waals surface area contributed by atoms with Crippen molar-refractivity contribution in [1.29, 1.82) is 0 Å². The van der Waals surface area contributed by atoms with Crippen LogP contribution in [0, 0.1) is 17.3 Å². The Morgan fingerprint density at radius 1 is 1.22 bits per heavy atom. The number of hydrogen-bond donors (Lipinski definition) is 2. The zero-order valence-electron chi connectivity index (χ0n) is 12.7. The number of carbonyl (C=O) groups excluding carboxylic acids is 1. The zero-order chi connectivity index (χ0) is 13.8. The summed E-state index contributed by atoms with van der Waals surface area (Å²) in [5.74, 6) is 1.55. The van der Waals surface area contributed by atoms with E-state index in [1.807, 2.05) is 0 Å². The van der Waals surface area contributed by atoms with E-state index in [1.54, 1.807) is 0 Å². The highest BCUT2D eigenvalue weighted by Crippen LogP contribution is 2.27. The highest BCUT2D eigenvalue weighted by atomic mass is 16.2. The molecular formula is C15H30N2O. The first-order valence-electron chi connectivity index (χ1n) is 7.33. The molecule has 1 atom stereocenters. The summed E-state index contributed by atoms with van der Waals surface area (Å²) < 4.78 is 0. The SMILES string of the molecule is CC1CCC(CNC(=O)NC(C)C(C)(C)C)CC1. The molecule has 0 radical (unpaired) electrons. The fourth-order valence-electron chi connectivity index (χ4n) is 2.23. The van der Waals surface area contributed by atoms with Crippen LogP contribution in [0.2, 0.25) is 0 Å². The molecule has 1 aliphatic rings. The largest absolute Gasteiger partial charge is 0.338 e. The third-order valence-electron chi connectivity index (χ3n) is 4.33. The molecule has 0 bridgehead atoms. The molecule has 0 heterocycles. The summed E-state index contributed by atoms with van der Waals surface area (Å²) in [4.78, 5) is 11.8. The van der Waals surface area contributed by atoms with Crippen molar-refractivity contribution in [3.63, 3.8) is 0 Å². The monoisotopic (exact) mass is 254 g/mol. The van der Waals surface area contributed by atoms with E-state index in [0.717, 1.165) is 12.5 Å². The van der Waals surface area contributed by atoms with Crippen molar-refractivity contribution in [2.24, 2.45) is 17.3 Å². The van der Waals surface area contributed by atoms with Gasteiger partial charge in [-0.2, -0.15) is 0 Å². The van der Waals surface area contributed by atoms with E-state index in [1.165, 1.54) is 25.7 Å². The van der Waals surface area contributed by atoms with Crippen LogP contribution in [0.4, 0.5) is 4.79 Å². The Hall–Kier alpha value is -0.730. The molecule has 106 valence electrons. The van der Waals surface area contributed by atoms with Crippen molar-refractivity contribution in [2.45, 2.75) is 66.3 Å². The third-order valence-corrected chi connectivity index (χ3v) is 4.33. The highest BCUT2D eigenvalue weighted by Gasteiger charge is 2.22. The predicted molar refractivity (Wildman–Crippen MR) is 76.6 cm³/mol. The molecule has 0 aliphatic heterocycles. The molecule has 1 fully saturated rings. The van der Waals surface area contributed by atoms with Crippen molar-refractivity contribution < 1.29 is 4.79 Å². The molecule has 1 rings (SSSR count). The summed E-state index contributed by atoms with van der Waals surface area (Å²) >= 11 is 0. The Labute approximate surface area is 112 Å². The number of hydrogen-bond acceptors (Lipinski definition) is 1. The maximum atomic E-state index is 11.8. The molecule has 3 nitrogen and oxygen atoms in total. The second-order valence-electron chi connectivity index (χ2n) is 7.07. The second-order valence-corrected chi connectivity index (χ2v) is 7.07. The molecule has 18 heavy (non-hydrogen) atoms.